The molecule has 0 aromatic carbocycles. The molecule has 390 valence electrons. The Balaban J connectivity index is 4.43. The second-order valence-corrected chi connectivity index (χ2v) is 18.8. The highest BCUT2D eigenvalue weighted by Gasteiger charge is 2.19. The Bertz CT molecular complexity index is 1320. The van der Waals surface area contributed by atoms with Crippen LogP contribution in [0.4, 0.5) is 0 Å². The zero-order valence-electron chi connectivity index (χ0n) is 44.6. The Labute approximate surface area is 420 Å². The van der Waals surface area contributed by atoms with Gasteiger partial charge in [-0.2, -0.15) is 0 Å². The second kappa shape index (κ2) is 56.2. The smallest absolute Gasteiger partial charge is 0.306 e. The van der Waals surface area contributed by atoms with E-state index in [0.717, 1.165) is 70.6 Å². The quantitative estimate of drug-likeness (QED) is 0.0262. The van der Waals surface area contributed by atoms with Gasteiger partial charge in [-0.05, 0) is 103 Å². The summed E-state index contributed by atoms with van der Waals surface area (Å²) in [6.45, 7) is 6.44. The molecule has 0 radical (unpaired) electrons. The average molecular weight is 948 g/mol. The van der Waals surface area contributed by atoms with E-state index in [0.29, 0.717) is 19.3 Å². The summed E-state index contributed by atoms with van der Waals surface area (Å²) in [5.74, 6) is -0.991. The SMILES string of the molecule is CC/C=C\C/C=C\C/C=C\C/C=C\CCC(=O)OCC(COC(=O)CCCCCCCCCCC/C=C\C/C=C\CCCCC)OC(=O)CCCCCCCCC/C=C\CCCCCCCCC. The molecule has 0 aliphatic heterocycles. The van der Waals surface area contributed by atoms with Crippen LogP contribution >= 0.6 is 0 Å². The Morgan fingerprint density at radius 2 is 0.603 bits per heavy atom. The third kappa shape index (κ3) is 53.5. The summed E-state index contributed by atoms with van der Waals surface area (Å²) in [4.78, 5) is 38.1. The van der Waals surface area contributed by atoms with E-state index in [-0.39, 0.29) is 37.5 Å². The molecule has 0 saturated heterocycles. The molecule has 0 rings (SSSR count). The van der Waals surface area contributed by atoms with E-state index in [1.54, 1.807) is 0 Å². The minimum Gasteiger partial charge on any atom is -0.462 e. The van der Waals surface area contributed by atoms with Crippen molar-refractivity contribution in [2.45, 2.75) is 277 Å². The highest BCUT2D eigenvalue weighted by Crippen LogP contribution is 2.15. The lowest BCUT2D eigenvalue weighted by Gasteiger charge is -2.18. The van der Waals surface area contributed by atoms with Crippen molar-refractivity contribution in [3.63, 3.8) is 0 Å². The molecule has 1 unspecified atom stereocenters. The Morgan fingerprint density at radius 3 is 1.03 bits per heavy atom. The number of esters is 3. The van der Waals surface area contributed by atoms with E-state index in [1.807, 2.05) is 6.08 Å². The van der Waals surface area contributed by atoms with Gasteiger partial charge in [-0.15, -0.1) is 0 Å². The van der Waals surface area contributed by atoms with Crippen LogP contribution in [0.2, 0.25) is 0 Å². The summed E-state index contributed by atoms with van der Waals surface area (Å²) in [6.07, 6.45) is 73.0. The fraction of sp³-hybridized carbons (Fsp3) is 0.726. The number of carbonyl (C=O) groups excluding carboxylic acids is 3. The normalized spacial score (nSPS) is 12.7. The summed E-state index contributed by atoms with van der Waals surface area (Å²) in [7, 11) is 0. The van der Waals surface area contributed by atoms with E-state index < -0.39 is 6.10 Å². The molecule has 6 nitrogen and oxygen atoms in total. The fourth-order valence-corrected chi connectivity index (χ4v) is 7.83. The van der Waals surface area contributed by atoms with Crippen molar-refractivity contribution in [1.29, 1.82) is 0 Å². The van der Waals surface area contributed by atoms with E-state index in [1.165, 1.54) is 154 Å². The first kappa shape index (κ1) is 64.6. The molecule has 0 aliphatic carbocycles. The first-order valence-electron chi connectivity index (χ1n) is 28.6. The van der Waals surface area contributed by atoms with Gasteiger partial charge in [0, 0.05) is 19.3 Å². The van der Waals surface area contributed by atoms with Crippen LogP contribution in [0.15, 0.2) is 85.1 Å². The van der Waals surface area contributed by atoms with Crippen LogP contribution in [0.1, 0.15) is 271 Å². The molecule has 0 bridgehead atoms. The molecule has 0 aromatic rings. The van der Waals surface area contributed by atoms with Crippen molar-refractivity contribution in [2.24, 2.45) is 0 Å². The molecular formula is C62H106O6. The molecular weight excluding hydrogens is 841 g/mol. The molecule has 68 heavy (non-hydrogen) atoms. The summed E-state index contributed by atoms with van der Waals surface area (Å²) in [6, 6.07) is 0. The molecule has 0 saturated carbocycles. The molecule has 0 spiro atoms. The number of hydrogen-bond acceptors (Lipinski definition) is 6. The topological polar surface area (TPSA) is 78.9 Å². The third-order valence-electron chi connectivity index (χ3n) is 12.1. The van der Waals surface area contributed by atoms with Crippen LogP contribution < -0.4 is 0 Å². The lowest BCUT2D eigenvalue weighted by molar-refractivity contribution is -0.166. The summed E-state index contributed by atoms with van der Waals surface area (Å²) in [5, 5.41) is 0. The van der Waals surface area contributed by atoms with Crippen molar-refractivity contribution < 1.29 is 28.6 Å². The minimum atomic E-state index is -0.810. The van der Waals surface area contributed by atoms with Crippen LogP contribution in [0, 0.1) is 0 Å². The Hall–Kier alpha value is -3.41. The highest BCUT2D eigenvalue weighted by molar-refractivity contribution is 5.71. The number of carbonyl (C=O) groups is 3. The number of allylic oxidation sites excluding steroid dienone is 14. The third-order valence-corrected chi connectivity index (χ3v) is 12.1. The predicted molar refractivity (Wildman–Crippen MR) is 293 cm³/mol. The van der Waals surface area contributed by atoms with Gasteiger partial charge in [0.2, 0.25) is 0 Å². The van der Waals surface area contributed by atoms with Crippen LogP contribution in [-0.2, 0) is 28.6 Å². The van der Waals surface area contributed by atoms with Crippen molar-refractivity contribution in [2.75, 3.05) is 13.2 Å². The van der Waals surface area contributed by atoms with Gasteiger partial charge < -0.3 is 14.2 Å². The van der Waals surface area contributed by atoms with Gasteiger partial charge in [-0.3, -0.25) is 14.4 Å². The number of rotatable bonds is 51. The Kier molecular flexibility index (Phi) is 53.4. The van der Waals surface area contributed by atoms with Crippen molar-refractivity contribution in [1.82, 2.24) is 0 Å². The first-order chi connectivity index (χ1) is 33.5. The lowest BCUT2D eigenvalue weighted by Crippen LogP contribution is -2.30. The maximum absolute atomic E-state index is 12.8. The molecule has 0 aromatic heterocycles. The van der Waals surface area contributed by atoms with Gasteiger partial charge in [0.1, 0.15) is 13.2 Å². The van der Waals surface area contributed by atoms with Crippen molar-refractivity contribution in [3.05, 3.63) is 85.1 Å². The molecule has 0 N–H and O–H groups in total. The molecule has 6 heteroatoms. The lowest BCUT2D eigenvalue weighted by atomic mass is 10.1. The van der Waals surface area contributed by atoms with Gasteiger partial charge in [-0.1, -0.05) is 234 Å². The number of unbranched alkanes of at least 4 members (excludes halogenated alkanes) is 26. The number of ether oxygens (including phenoxy) is 3. The summed E-state index contributed by atoms with van der Waals surface area (Å²) >= 11 is 0. The molecule has 0 amide bonds. The average Bonchev–Trinajstić information content (AvgIpc) is 3.34. The van der Waals surface area contributed by atoms with Gasteiger partial charge in [-0.25, -0.2) is 0 Å². The van der Waals surface area contributed by atoms with Crippen LogP contribution in [0.25, 0.3) is 0 Å². The van der Waals surface area contributed by atoms with Crippen LogP contribution in [0.5, 0.6) is 0 Å². The number of hydrogen-bond donors (Lipinski definition) is 0. The Morgan fingerprint density at radius 1 is 0.309 bits per heavy atom. The maximum Gasteiger partial charge on any atom is 0.306 e. The summed E-state index contributed by atoms with van der Waals surface area (Å²) in [5.41, 5.74) is 0. The van der Waals surface area contributed by atoms with E-state index >= 15 is 0 Å². The zero-order valence-corrected chi connectivity index (χ0v) is 44.6. The predicted octanol–water partition coefficient (Wildman–Crippen LogP) is 19.2. The maximum atomic E-state index is 12.8. The van der Waals surface area contributed by atoms with Gasteiger partial charge in [0.05, 0.1) is 0 Å². The van der Waals surface area contributed by atoms with E-state index in [2.05, 4.69) is 99.8 Å². The zero-order chi connectivity index (χ0) is 49.3. The molecule has 0 heterocycles. The minimum absolute atomic E-state index is 0.102. The largest absolute Gasteiger partial charge is 0.462 e. The molecule has 0 fully saturated rings. The highest BCUT2D eigenvalue weighted by atomic mass is 16.6. The van der Waals surface area contributed by atoms with Crippen LogP contribution in [0.3, 0.4) is 0 Å². The second-order valence-electron chi connectivity index (χ2n) is 18.8. The van der Waals surface area contributed by atoms with Crippen molar-refractivity contribution in [3.8, 4) is 0 Å². The monoisotopic (exact) mass is 947 g/mol. The van der Waals surface area contributed by atoms with Crippen LogP contribution in [-0.4, -0.2) is 37.2 Å². The van der Waals surface area contributed by atoms with Gasteiger partial charge >= 0.3 is 17.9 Å². The van der Waals surface area contributed by atoms with E-state index in [9.17, 15) is 14.4 Å². The van der Waals surface area contributed by atoms with Crippen molar-refractivity contribution >= 4 is 17.9 Å². The van der Waals surface area contributed by atoms with Gasteiger partial charge in [0.15, 0.2) is 6.10 Å². The van der Waals surface area contributed by atoms with E-state index in [4.69, 9.17) is 14.2 Å². The first-order valence-corrected chi connectivity index (χ1v) is 28.6. The molecule has 0 aliphatic rings. The van der Waals surface area contributed by atoms with Gasteiger partial charge in [0.25, 0.3) is 0 Å². The fourth-order valence-electron chi connectivity index (χ4n) is 7.83. The molecule has 1 atom stereocenters. The summed E-state index contributed by atoms with van der Waals surface area (Å²) < 4.78 is 16.8. The standard InChI is InChI=1S/C62H106O6/c1-4-7-10-13-16-19-22-25-27-29-31-33-34-37-40-43-46-49-52-55-61(64)67-58-59(57-66-60(63)54-51-48-45-42-39-36-24-21-18-15-12-9-6-3)68-62(65)56-53-50-47-44-41-38-35-32-30-28-26-23-20-17-14-11-8-5-2/h9,12,16,18-19,21,25,27-28,30,36,39,45,48,59H,4-8,10-11,13-15,17,20,22-24,26,29,31-35,37-38,40-44,46-47,49-58H2,1-3H3/b12-9-,19-16-,21-18-,27-25-,30-28-,39-36-,48-45-.